The van der Waals surface area contributed by atoms with Crippen molar-refractivity contribution >= 4 is 16.3 Å². The van der Waals surface area contributed by atoms with Crippen molar-refractivity contribution in [2.75, 3.05) is 13.1 Å². The molecular weight excluding hydrogens is 222 g/mol. The second-order valence-electron chi connectivity index (χ2n) is 4.13. The van der Waals surface area contributed by atoms with Crippen molar-refractivity contribution in [3.63, 3.8) is 0 Å². The van der Waals surface area contributed by atoms with Crippen molar-refractivity contribution in [3.8, 4) is 5.88 Å². The van der Waals surface area contributed by atoms with Crippen LogP contribution in [0.3, 0.4) is 0 Å². The van der Waals surface area contributed by atoms with Crippen LogP contribution in [0.15, 0.2) is 11.6 Å². The molecule has 1 fully saturated rings. The zero-order chi connectivity index (χ0) is 11.0. The van der Waals surface area contributed by atoms with E-state index in [9.17, 15) is 0 Å². The summed E-state index contributed by atoms with van der Waals surface area (Å²) in [5, 5.41) is 5.38. The van der Waals surface area contributed by atoms with Crippen LogP contribution in [0, 0.1) is 6.92 Å². The molecule has 1 aliphatic heterocycles. The summed E-state index contributed by atoms with van der Waals surface area (Å²) >= 11 is 1.64. The Morgan fingerprint density at radius 1 is 1.50 bits per heavy atom. The first-order chi connectivity index (χ1) is 7.84. The Morgan fingerprint density at radius 3 is 3.12 bits per heavy atom. The lowest BCUT2D eigenvalue weighted by Crippen LogP contribution is -2.34. The Hall–Kier alpha value is -1.07. The van der Waals surface area contributed by atoms with Crippen molar-refractivity contribution in [2.24, 2.45) is 0 Å². The van der Waals surface area contributed by atoms with Crippen LogP contribution in [0.5, 0.6) is 5.88 Å². The highest BCUT2D eigenvalue weighted by Gasteiger charge is 2.18. The lowest BCUT2D eigenvalue weighted by atomic mass is 10.1. The largest absolute Gasteiger partial charge is 0.474 e. The fourth-order valence-corrected chi connectivity index (χ4v) is 2.84. The molecule has 2 aromatic heterocycles. The van der Waals surface area contributed by atoms with Gasteiger partial charge < -0.3 is 10.1 Å². The standard InChI is InChI=1S/C11H15N3OS/c1-8-10(14-6-7-16-11(14)13-8)15-9-2-4-12-5-3-9/h6-7,9,12H,2-5H2,1H3. The maximum absolute atomic E-state index is 6.06. The van der Waals surface area contributed by atoms with E-state index in [0.29, 0.717) is 6.10 Å². The monoisotopic (exact) mass is 237 g/mol. The molecule has 0 atom stereocenters. The summed E-state index contributed by atoms with van der Waals surface area (Å²) in [5.41, 5.74) is 0.991. The highest BCUT2D eigenvalue weighted by Crippen LogP contribution is 2.25. The van der Waals surface area contributed by atoms with Gasteiger partial charge in [-0.1, -0.05) is 0 Å². The first-order valence-corrected chi connectivity index (χ1v) is 6.52. The molecule has 4 nitrogen and oxygen atoms in total. The van der Waals surface area contributed by atoms with E-state index in [2.05, 4.69) is 10.3 Å². The molecule has 1 aliphatic rings. The van der Waals surface area contributed by atoms with Gasteiger partial charge in [-0.3, -0.25) is 4.40 Å². The number of imidazole rings is 1. The van der Waals surface area contributed by atoms with E-state index >= 15 is 0 Å². The third-order valence-corrected chi connectivity index (χ3v) is 3.70. The molecule has 0 aromatic carbocycles. The van der Waals surface area contributed by atoms with Gasteiger partial charge in [-0.2, -0.15) is 0 Å². The number of hydrogen-bond acceptors (Lipinski definition) is 4. The van der Waals surface area contributed by atoms with Crippen molar-refractivity contribution in [1.29, 1.82) is 0 Å². The van der Waals surface area contributed by atoms with Crippen molar-refractivity contribution < 1.29 is 4.74 Å². The first kappa shape index (κ1) is 10.1. The van der Waals surface area contributed by atoms with Crippen molar-refractivity contribution in [1.82, 2.24) is 14.7 Å². The quantitative estimate of drug-likeness (QED) is 0.866. The topological polar surface area (TPSA) is 38.6 Å². The van der Waals surface area contributed by atoms with Crippen LogP contribution in [0.1, 0.15) is 18.5 Å². The molecule has 2 aromatic rings. The lowest BCUT2D eigenvalue weighted by molar-refractivity contribution is 0.153. The van der Waals surface area contributed by atoms with Crippen LogP contribution in [0.4, 0.5) is 0 Å². The number of piperidine rings is 1. The van der Waals surface area contributed by atoms with Gasteiger partial charge in [-0.05, 0) is 32.9 Å². The molecule has 5 heteroatoms. The van der Waals surface area contributed by atoms with Gasteiger partial charge >= 0.3 is 0 Å². The van der Waals surface area contributed by atoms with E-state index in [-0.39, 0.29) is 0 Å². The molecule has 0 unspecified atom stereocenters. The number of ether oxygens (including phenoxy) is 1. The van der Waals surface area contributed by atoms with E-state index < -0.39 is 0 Å². The van der Waals surface area contributed by atoms with Gasteiger partial charge in [-0.15, -0.1) is 11.3 Å². The molecule has 0 bridgehead atoms. The Bertz CT molecular complexity index is 484. The highest BCUT2D eigenvalue weighted by molar-refractivity contribution is 7.15. The normalized spacial score (nSPS) is 18.1. The van der Waals surface area contributed by atoms with E-state index in [1.54, 1.807) is 11.3 Å². The minimum absolute atomic E-state index is 0.333. The van der Waals surface area contributed by atoms with Crippen LogP contribution in [-0.4, -0.2) is 28.6 Å². The predicted octanol–water partition coefficient (Wildman–Crippen LogP) is 1.84. The number of nitrogens with zero attached hydrogens (tertiary/aromatic N) is 2. The predicted molar refractivity (Wildman–Crippen MR) is 64.3 cm³/mol. The molecule has 86 valence electrons. The number of fused-ring (bicyclic) bond motifs is 1. The fourth-order valence-electron chi connectivity index (χ4n) is 2.09. The molecule has 0 aliphatic carbocycles. The van der Waals surface area contributed by atoms with Gasteiger partial charge in [0, 0.05) is 11.6 Å². The number of thiazole rings is 1. The Labute approximate surface area is 98.3 Å². The molecule has 16 heavy (non-hydrogen) atoms. The van der Waals surface area contributed by atoms with Crippen molar-refractivity contribution in [3.05, 3.63) is 17.3 Å². The number of rotatable bonds is 2. The summed E-state index contributed by atoms with van der Waals surface area (Å²) in [4.78, 5) is 5.49. The molecular formula is C11H15N3OS. The van der Waals surface area contributed by atoms with Crippen LogP contribution < -0.4 is 10.1 Å². The van der Waals surface area contributed by atoms with Gasteiger partial charge in [0.15, 0.2) is 4.96 Å². The van der Waals surface area contributed by atoms with Gasteiger partial charge in [0.2, 0.25) is 5.88 Å². The molecule has 1 saturated heterocycles. The number of hydrogen-bond donors (Lipinski definition) is 1. The van der Waals surface area contributed by atoms with E-state index in [1.165, 1.54) is 0 Å². The van der Waals surface area contributed by atoms with E-state index in [0.717, 1.165) is 42.5 Å². The average molecular weight is 237 g/mol. The first-order valence-electron chi connectivity index (χ1n) is 5.64. The van der Waals surface area contributed by atoms with Crippen LogP contribution in [0.2, 0.25) is 0 Å². The van der Waals surface area contributed by atoms with Crippen LogP contribution in [-0.2, 0) is 0 Å². The zero-order valence-corrected chi connectivity index (χ0v) is 10.1. The summed E-state index contributed by atoms with van der Waals surface area (Å²) < 4.78 is 8.11. The minimum atomic E-state index is 0.333. The smallest absolute Gasteiger partial charge is 0.222 e. The average Bonchev–Trinajstić information content (AvgIpc) is 2.84. The maximum atomic E-state index is 6.06. The number of aromatic nitrogens is 2. The minimum Gasteiger partial charge on any atom is -0.474 e. The zero-order valence-electron chi connectivity index (χ0n) is 9.27. The van der Waals surface area contributed by atoms with Crippen molar-refractivity contribution in [2.45, 2.75) is 25.9 Å². The highest BCUT2D eigenvalue weighted by atomic mass is 32.1. The lowest BCUT2D eigenvalue weighted by Gasteiger charge is -2.23. The number of nitrogens with one attached hydrogen (secondary N) is 1. The Morgan fingerprint density at radius 2 is 2.31 bits per heavy atom. The maximum Gasteiger partial charge on any atom is 0.222 e. The van der Waals surface area contributed by atoms with Gasteiger partial charge in [-0.25, -0.2) is 4.98 Å². The molecule has 3 heterocycles. The summed E-state index contributed by atoms with van der Waals surface area (Å²) in [6.45, 7) is 4.11. The Kier molecular flexibility index (Phi) is 2.57. The summed E-state index contributed by atoms with van der Waals surface area (Å²) in [6, 6.07) is 0. The SMILES string of the molecule is Cc1nc2sccn2c1OC1CCNCC1. The third-order valence-electron chi connectivity index (χ3n) is 2.95. The molecule has 3 rings (SSSR count). The molecule has 0 amide bonds. The second-order valence-corrected chi connectivity index (χ2v) is 5.00. The van der Waals surface area contributed by atoms with Crippen LogP contribution >= 0.6 is 11.3 Å². The molecule has 0 radical (unpaired) electrons. The van der Waals surface area contributed by atoms with Gasteiger partial charge in [0.05, 0.1) is 0 Å². The summed E-state index contributed by atoms with van der Waals surface area (Å²) in [6.07, 6.45) is 4.52. The van der Waals surface area contributed by atoms with E-state index in [4.69, 9.17) is 4.74 Å². The van der Waals surface area contributed by atoms with E-state index in [1.807, 2.05) is 22.9 Å². The summed E-state index contributed by atoms with van der Waals surface area (Å²) in [5.74, 6) is 0.920. The molecule has 0 spiro atoms. The van der Waals surface area contributed by atoms with Gasteiger partial charge in [0.1, 0.15) is 11.8 Å². The number of aryl methyl sites for hydroxylation is 1. The Balaban J connectivity index is 1.86. The second kappa shape index (κ2) is 4.07. The summed E-state index contributed by atoms with van der Waals surface area (Å²) in [7, 11) is 0. The van der Waals surface area contributed by atoms with Gasteiger partial charge in [0.25, 0.3) is 0 Å². The molecule has 0 saturated carbocycles. The fraction of sp³-hybridized carbons (Fsp3) is 0.545. The molecule has 1 N–H and O–H groups in total. The third kappa shape index (κ3) is 1.70. The van der Waals surface area contributed by atoms with Crippen LogP contribution in [0.25, 0.3) is 4.96 Å².